The first-order valence-electron chi connectivity index (χ1n) is 7.17. The summed E-state index contributed by atoms with van der Waals surface area (Å²) in [5.41, 5.74) is 1.23. The third-order valence-electron chi connectivity index (χ3n) is 3.38. The lowest BCUT2D eigenvalue weighted by molar-refractivity contribution is -0.155. The van der Waals surface area contributed by atoms with Crippen LogP contribution in [-0.4, -0.2) is 17.9 Å². The molecular formula is C17H24O3. The van der Waals surface area contributed by atoms with E-state index in [4.69, 9.17) is 4.74 Å². The van der Waals surface area contributed by atoms with E-state index in [1.165, 1.54) is 12.5 Å². The average Bonchev–Trinajstić information content (AvgIpc) is 2.38. The van der Waals surface area contributed by atoms with E-state index in [-0.39, 0.29) is 11.9 Å². The second-order valence-electron chi connectivity index (χ2n) is 5.54. The van der Waals surface area contributed by atoms with Crippen LogP contribution in [0, 0.1) is 5.92 Å². The van der Waals surface area contributed by atoms with Crippen LogP contribution in [-0.2, 0) is 14.3 Å². The monoisotopic (exact) mass is 276 g/mol. The number of carbonyl (C=O) groups excluding carboxylic acids is 2. The number of esters is 1. The van der Waals surface area contributed by atoms with Gasteiger partial charge in [0.2, 0.25) is 0 Å². The SMILES string of the molecule is CC(=O)C(CCC(C)c1ccccc1)C(=O)OC(C)C. The Morgan fingerprint density at radius 1 is 1.05 bits per heavy atom. The van der Waals surface area contributed by atoms with Crippen molar-refractivity contribution in [2.45, 2.75) is 52.6 Å². The lowest BCUT2D eigenvalue weighted by Crippen LogP contribution is -2.27. The molecule has 0 radical (unpaired) electrons. The fourth-order valence-electron chi connectivity index (χ4n) is 2.17. The first-order chi connectivity index (χ1) is 9.41. The summed E-state index contributed by atoms with van der Waals surface area (Å²) >= 11 is 0. The second kappa shape index (κ2) is 7.83. The lowest BCUT2D eigenvalue weighted by atomic mass is 9.90. The van der Waals surface area contributed by atoms with E-state index in [2.05, 4.69) is 19.1 Å². The summed E-state index contributed by atoms with van der Waals surface area (Å²) in [6.07, 6.45) is 1.15. The molecule has 20 heavy (non-hydrogen) atoms. The van der Waals surface area contributed by atoms with Crippen molar-refractivity contribution in [1.82, 2.24) is 0 Å². The van der Waals surface area contributed by atoms with Gasteiger partial charge in [0.25, 0.3) is 0 Å². The molecule has 2 atom stereocenters. The van der Waals surface area contributed by atoms with Crippen LogP contribution in [0.15, 0.2) is 30.3 Å². The van der Waals surface area contributed by atoms with Crippen LogP contribution in [0.25, 0.3) is 0 Å². The van der Waals surface area contributed by atoms with Crippen LogP contribution in [0.4, 0.5) is 0 Å². The normalized spacial score (nSPS) is 13.8. The number of carbonyl (C=O) groups is 2. The first-order valence-corrected chi connectivity index (χ1v) is 7.17. The molecule has 0 amide bonds. The van der Waals surface area contributed by atoms with Crippen LogP contribution >= 0.6 is 0 Å². The minimum Gasteiger partial charge on any atom is -0.462 e. The quantitative estimate of drug-likeness (QED) is 0.563. The number of Topliss-reactive ketones (excluding diaryl/α,β-unsaturated/α-hetero) is 1. The van der Waals surface area contributed by atoms with Crippen molar-refractivity contribution in [3.63, 3.8) is 0 Å². The number of ether oxygens (including phenoxy) is 1. The number of rotatable bonds is 7. The smallest absolute Gasteiger partial charge is 0.316 e. The molecule has 0 saturated carbocycles. The van der Waals surface area contributed by atoms with Gasteiger partial charge >= 0.3 is 5.97 Å². The molecule has 0 heterocycles. The molecule has 1 aromatic rings. The topological polar surface area (TPSA) is 43.4 Å². The Kier molecular flexibility index (Phi) is 6.43. The largest absolute Gasteiger partial charge is 0.462 e. The zero-order chi connectivity index (χ0) is 15.1. The van der Waals surface area contributed by atoms with E-state index in [9.17, 15) is 9.59 Å². The van der Waals surface area contributed by atoms with Gasteiger partial charge in [-0.3, -0.25) is 9.59 Å². The van der Waals surface area contributed by atoms with Crippen molar-refractivity contribution < 1.29 is 14.3 Å². The summed E-state index contributed by atoms with van der Waals surface area (Å²) < 4.78 is 5.15. The van der Waals surface area contributed by atoms with E-state index < -0.39 is 11.9 Å². The van der Waals surface area contributed by atoms with E-state index in [1.807, 2.05) is 18.2 Å². The zero-order valence-electron chi connectivity index (χ0n) is 12.8. The fraction of sp³-hybridized carbons (Fsp3) is 0.529. The Morgan fingerprint density at radius 3 is 2.15 bits per heavy atom. The highest BCUT2D eigenvalue weighted by atomic mass is 16.5. The van der Waals surface area contributed by atoms with Crippen molar-refractivity contribution in [3.05, 3.63) is 35.9 Å². The van der Waals surface area contributed by atoms with E-state index in [0.29, 0.717) is 12.3 Å². The molecule has 2 unspecified atom stereocenters. The summed E-state index contributed by atoms with van der Waals surface area (Å²) in [5, 5.41) is 0. The van der Waals surface area contributed by atoms with Gasteiger partial charge in [0, 0.05) is 0 Å². The molecule has 1 rings (SSSR count). The molecular weight excluding hydrogens is 252 g/mol. The highest BCUT2D eigenvalue weighted by Crippen LogP contribution is 2.23. The molecule has 0 fully saturated rings. The Morgan fingerprint density at radius 2 is 1.65 bits per heavy atom. The lowest BCUT2D eigenvalue weighted by Gasteiger charge is -2.18. The van der Waals surface area contributed by atoms with Gasteiger partial charge < -0.3 is 4.74 Å². The molecule has 3 heteroatoms. The minimum absolute atomic E-state index is 0.115. The van der Waals surface area contributed by atoms with Crippen LogP contribution in [0.2, 0.25) is 0 Å². The second-order valence-corrected chi connectivity index (χ2v) is 5.54. The maximum atomic E-state index is 11.9. The standard InChI is InChI=1S/C17H24O3/c1-12(2)20-17(19)16(14(4)18)11-10-13(3)15-8-6-5-7-9-15/h5-9,12-13,16H,10-11H2,1-4H3. The molecule has 0 bridgehead atoms. The predicted molar refractivity (Wildman–Crippen MR) is 79.5 cm³/mol. The van der Waals surface area contributed by atoms with Crippen molar-refractivity contribution in [2.75, 3.05) is 0 Å². The predicted octanol–water partition coefficient (Wildman–Crippen LogP) is 3.73. The van der Waals surface area contributed by atoms with E-state index >= 15 is 0 Å². The van der Waals surface area contributed by atoms with Crippen molar-refractivity contribution in [2.24, 2.45) is 5.92 Å². The number of hydrogen-bond donors (Lipinski definition) is 0. The Bertz CT molecular complexity index is 437. The number of hydrogen-bond acceptors (Lipinski definition) is 3. The maximum Gasteiger partial charge on any atom is 0.316 e. The van der Waals surface area contributed by atoms with E-state index in [1.54, 1.807) is 13.8 Å². The summed E-state index contributed by atoms with van der Waals surface area (Å²) in [7, 11) is 0. The van der Waals surface area contributed by atoms with Crippen molar-refractivity contribution >= 4 is 11.8 Å². The van der Waals surface area contributed by atoms with Gasteiger partial charge in [-0.05, 0) is 45.1 Å². The molecule has 0 spiro atoms. The Labute approximate surface area is 121 Å². The molecule has 0 aliphatic rings. The third-order valence-corrected chi connectivity index (χ3v) is 3.38. The van der Waals surface area contributed by atoms with Gasteiger partial charge in [-0.2, -0.15) is 0 Å². The molecule has 0 aliphatic carbocycles. The van der Waals surface area contributed by atoms with Crippen molar-refractivity contribution in [1.29, 1.82) is 0 Å². The number of benzene rings is 1. The van der Waals surface area contributed by atoms with Gasteiger partial charge in [0.15, 0.2) is 0 Å². The highest BCUT2D eigenvalue weighted by Gasteiger charge is 2.26. The van der Waals surface area contributed by atoms with Gasteiger partial charge in [-0.1, -0.05) is 37.3 Å². The molecule has 110 valence electrons. The minimum atomic E-state index is -0.636. The molecule has 1 aromatic carbocycles. The summed E-state index contributed by atoms with van der Waals surface area (Å²) in [5.74, 6) is -0.822. The summed E-state index contributed by atoms with van der Waals surface area (Å²) in [6.45, 7) is 7.16. The summed E-state index contributed by atoms with van der Waals surface area (Å²) in [4.78, 5) is 23.5. The van der Waals surface area contributed by atoms with Gasteiger partial charge in [0.05, 0.1) is 6.10 Å². The van der Waals surface area contributed by atoms with Gasteiger partial charge in [-0.15, -0.1) is 0 Å². The van der Waals surface area contributed by atoms with Gasteiger partial charge in [-0.25, -0.2) is 0 Å². The average molecular weight is 276 g/mol. The van der Waals surface area contributed by atoms with Crippen LogP contribution in [0.1, 0.15) is 52.0 Å². The fourth-order valence-corrected chi connectivity index (χ4v) is 2.17. The highest BCUT2D eigenvalue weighted by molar-refractivity contribution is 5.97. The third kappa shape index (κ3) is 5.16. The van der Waals surface area contributed by atoms with Gasteiger partial charge in [0.1, 0.15) is 11.7 Å². The van der Waals surface area contributed by atoms with Crippen molar-refractivity contribution in [3.8, 4) is 0 Å². The van der Waals surface area contributed by atoms with Crippen LogP contribution < -0.4 is 0 Å². The molecule has 0 saturated heterocycles. The Hall–Kier alpha value is -1.64. The molecule has 0 N–H and O–H groups in total. The van der Waals surface area contributed by atoms with E-state index in [0.717, 1.165) is 6.42 Å². The summed E-state index contributed by atoms with van der Waals surface area (Å²) in [6, 6.07) is 10.1. The first kappa shape index (κ1) is 16.4. The zero-order valence-corrected chi connectivity index (χ0v) is 12.8. The molecule has 0 aromatic heterocycles. The Balaban J connectivity index is 2.59. The number of ketones is 1. The maximum absolute atomic E-state index is 11.9. The van der Waals surface area contributed by atoms with Crippen LogP contribution in [0.5, 0.6) is 0 Å². The van der Waals surface area contributed by atoms with Crippen LogP contribution in [0.3, 0.4) is 0 Å². The molecule has 3 nitrogen and oxygen atoms in total. The molecule has 0 aliphatic heterocycles.